The monoisotopic (exact) mass is 529 g/mol. The molecule has 2 atom stereocenters. The zero-order valence-corrected chi connectivity index (χ0v) is 23.0. The smallest absolute Gasteiger partial charge is 0.317 e. The molecular formula is C32H43N5O2. The Morgan fingerprint density at radius 2 is 1.79 bits per heavy atom. The summed E-state index contributed by atoms with van der Waals surface area (Å²) in [6, 6.07) is 24.3. The predicted octanol–water partition coefficient (Wildman–Crippen LogP) is 3.55. The van der Waals surface area contributed by atoms with Crippen molar-refractivity contribution >= 4 is 16.8 Å². The highest BCUT2D eigenvalue weighted by Crippen LogP contribution is 2.19. The van der Waals surface area contributed by atoms with Gasteiger partial charge in [0.25, 0.3) is 0 Å². The predicted molar refractivity (Wildman–Crippen MR) is 158 cm³/mol. The van der Waals surface area contributed by atoms with Gasteiger partial charge in [0.15, 0.2) is 0 Å². The molecule has 2 heterocycles. The van der Waals surface area contributed by atoms with E-state index in [1.807, 2.05) is 4.90 Å². The van der Waals surface area contributed by atoms with Crippen LogP contribution in [0.1, 0.15) is 29.5 Å². The number of hydrogen-bond acceptors (Lipinski definition) is 5. The van der Waals surface area contributed by atoms with Crippen LogP contribution in [0.5, 0.6) is 0 Å². The number of carbonyl (C=O) groups excluding carboxylic acids is 1. The number of nitrogens with two attached hydrogens (primary N) is 1. The molecule has 3 aromatic rings. The molecule has 2 unspecified atom stereocenters. The zero-order chi connectivity index (χ0) is 26.9. The highest BCUT2D eigenvalue weighted by atomic mass is 16.5. The molecular weight excluding hydrogens is 486 g/mol. The van der Waals surface area contributed by atoms with Crippen LogP contribution < -0.4 is 16.4 Å². The summed E-state index contributed by atoms with van der Waals surface area (Å²) in [5.41, 5.74) is 9.78. The number of morpholine rings is 1. The molecule has 2 aliphatic rings. The molecule has 2 aliphatic heterocycles. The maximum atomic E-state index is 13.4. The summed E-state index contributed by atoms with van der Waals surface area (Å²) >= 11 is 0. The van der Waals surface area contributed by atoms with E-state index in [0.29, 0.717) is 19.1 Å². The molecule has 2 fully saturated rings. The lowest BCUT2D eigenvalue weighted by atomic mass is 10.0. The second kappa shape index (κ2) is 13.9. The molecule has 3 aromatic carbocycles. The summed E-state index contributed by atoms with van der Waals surface area (Å²) in [5.74, 6) is 0. The maximum Gasteiger partial charge on any atom is 0.317 e. The summed E-state index contributed by atoms with van der Waals surface area (Å²) in [6.07, 6.45) is 3.77. The van der Waals surface area contributed by atoms with E-state index in [4.69, 9.17) is 10.5 Å². The first-order chi connectivity index (χ1) is 19.1. The third-order valence-corrected chi connectivity index (χ3v) is 7.98. The number of urea groups is 1. The Labute approximate surface area is 232 Å². The Kier molecular flexibility index (Phi) is 9.83. The van der Waals surface area contributed by atoms with E-state index in [2.05, 4.69) is 82.3 Å². The van der Waals surface area contributed by atoms with Crippen LogP contribution in [0.2, 0.25) is 0 Å². The first-order valence-corrected chi connectivity index (χ1v) is 14.5. The Morgan fingerprint density at radius 3 is 2.59 bits per heavy atom. The molecule has 208 valence electrons. The van der Waals surface area contributed by atoms with Crippen LogP contribution in [-0.4, -0.2) is 80.4 Å². The summed E-state index contributed by atoms with van der Waals surface area (Å²) in [6.45, 7) is 7.37. The van der Waals surface area contributed by atoms with Crippen LogP contribution in [0.4, 0.5) is 4.79 Å². The molecule has 2 amide bonds. The largest absolute Gasteiger partial charge is 0.379 e. The van der Waals surface area contributed by atoms with Crippen LogP contribution in [0.3, 0.4) is 0 Å². The van der Waals surface area contributed by atoms with Crippen molar-refractivity contribution in [3.8, 4) is 0 Å². The first kappa shape index (κ1) is 27.6. The second-order valence-electron chi connectivity index (χ2n) is 11.0. The van der Waals surface area contributed by atoms with Gasteiger partial charge in [0, 0.05) is 57.9 Å². The van der Waals surface area contributed by atoms with Gasteiger partial charge in [0.1, 0.15) is 0 Å². The maximum absolute atomic E-state index is 13.4. The van der Waals surface area contributed by atoms with Gasteiger partial charge in [0.2, 0.25) is 0 Å². The van der Waals surface area contributed by atoms with E-state index >= 15 is 0 Å². The standard InChI is InChI=1S/C32H43N5O2/c33-29-22-30(35-23-29)21-25-9-11-26(12-10-25)24-37(16-4-15-36-17-19-39-20-18-36)32(38)34-14-13-28-7-3-6-27-5-1-2-8-31(27)28/h1-3,5-12,29-30,35H,4,13-24,33H2,(H,34,38). The summed E-state index contributed by atoms with van der Waals surface area (Å²) < 4.78 is 5.48. The quantitative estimate of drug-likeness (QED) is 0.354. The molecule has 7 heteroatoms. The second-order valence-corrected chi connectivity index (χ2v) is 11.0. The number of carbonyl (C=O) groups is 1. The number of nitrogens with zero attached hydrogens (tertiary/aromatic N) is 2. The van der Waals surface area contributed by atoms with Crippen molar-refractivity contribution in [1.29, 1.82) is 0 Å². The average Bonchev–Trinajstić information content (AvgIpc) is 3.38. The van der Waals surface area contributed by atoms with E-state index in [1.165, 1.54) is 21.9 Å². The lowest BCUT2D eigenvalue weighted by Crippen LogP contribution is -2.42. The van der Waals surface area contributed by atoms with Crippen molar-refractivity contribution in [2.24, 2.45) is 5.73 Å². The Bertz CT molecular complexity index is 1190. The molecule has 2 saturated heterocycles. The number of nitrogens with one attached hydrogen (secondary N) is 2. The minimum Gasteiger partial charge on any atom is -0.379 e. The fourth-order valence-electron chi connectivity index (χ4n) is 5.78. The fraction of sp³-hybridized carbons (Fsp3) is 0.469. The van der Waals surface area contributed by atoms with Gasteiger partial charge in [-0.15, -0.1) is 0 Å². The highest BCUT2D eigenvalue weighted by Gasteiger charge is 2.21. The Morgan fingerprint density at radius 1 is 1.03 bits per heavy atom. The van der Waals surface area contributed by atoms with Crippen LogP contribution in [0.25, 0.3) is 10.8 Å². The van der Waals surface area contributed by atoms with E-state index in [0.717, 1.165) is 77.2 Å². The summed E-state index contributed by atoms with van der Waals surface area (Å²) in [4.78, 5) is 17.8. The Hall–Kier alpha value is -2.97. The molecule has 0 aliphatic carbocycles. The third kappa shape index (κ3) is 8.02. The van der Waals surface area contributed by atoms with Gasteiger partial charge in [-0.2, -0.15) is 0 Å². The summed E-state index contributed by atoms with van der Waals surface area (Å²) in [5, 5.41) is 9.20. The molecule has 4 N–H and O–H groups in total. The SMILES string of the molecule is NC1CNC(Cc2ccc(CN(CCCN3CCOCC3)C(=O)NCCc3cccc4ccccc34)cc2)C1. The van der Waals surface area contributed by atoms with Crippen molar-refractivity contribution in [2.45, 2.75) is 44.3 Å². The van der Waals surface area contributed by atoms with Crippen LogP contribution in [0, 0.1) is 0 Å². The molecule has 0 radical (unpaired) electrons. The van der Waals surface area contributed by atoms with Gasteiger partial charge in [-0.3, -0.25) is 4.90 Å². The van der Waals surface area contributed by atoms with Gasteiger partial charge >= 0.3 is 6.03 Å². The number of benzene rings is 3. The van der Waals surface area contributed by atoms with Crippen LogP contribution in [-0.2, 0) is 24.1 Å². The van der Waals surface area contributed by atoms with Crippen molar-refractivity contribution < 1.29 is 9.53 Å². The van der Waals surface area contributed by atoms with Gasteiger partial charge in [-0.1, -0.05) is 66.7 Å². The van der Waals surface area contributed by atoms with E-state index < -0.39 is 0 Å². The molecule has 0 saturated carbocycles. The average molecular weight is 530 g/mol. The number of rotatable bonds is 11. The van der Waals surface area contributed by atoms with E-state index in [-0.39, 0.29) is 12.1 Å². The number of fused-ring (bicyclic) bond motifs is 1. The number of amides is 2. The molecule has 5 rings (SSSR count). The number of ether oxygens (including phenoxy) is 1. The van der Waals surface area contributed by atoms with Gasteiger partial charge < -0.3 is 26.0 Å². The highest BCUT2D eigenvalue weighted by molar-refractivity contribution is 5.85. The minimum absolute atomic E-state index is 0.00503. The van der Waals surface area contributed by atoms with Gasteiger partial charge in [0.05, 0.1) is 13.2 Å². The molecule has 0 spiro atoms. The topological polar surface area (TPSA) is 82.9 Å². The van der Waals surface area contributed by atoms with Crippen molar-refractivity contribution in [2.75, 3.05) is 52.5 Å². The van der Waals surface area contributed by atoms with E-state index in [1.54, 1.807) is 0 Å². The zero-order valence-electron chi connectivity index (χ0n) is 23.0. The lowest BCUT2D eigenvalue weighted by Gasteiger charge is -2.28. The Balaban J connectivity index is 1.17. The third-order valence-electron chi connectivity index (χ3n) is 7.98. The van der Waals surface area contributed by atoms with Crippen molar-refractivity contribution in [3.05, 3.63) is 83.4 Å². The number of hydrogen-bond donors (Lipinski definition) is 3. The van der Waals surface area contributed by atoms with E-state index in [9.17, 15) is 4.79 Å². The van der Waals surface area contributed by atoms with Crippen LogP contribution >= 0.6 is 0 Å². The van der Waals surface area contributed by atoms with Gasteiger partial charge in [-0.25, -0.2) is 4.79 Å². The minimum atomic E-state index is 0.00503. The normalized spacial score (nSPS) is 19.8. The molecule has 7 nitrogen and oxygen atoms in total. The lowest BCUT2D eigenvalue weighted by molar-refractivity contribution is 0.0364. The first-order valence-electron chi connectivity index (χ1n) is 14.5. The molecule has 0 bridgehead atoms. The van der Waals surface area contributed by atoms with Crippen molar-refractivity contribution in [1.82, 2.24) is 20.4 Å². The summed E-state index contributed by atoms with van der Waals surface area (Å²) in [7, 11) is 0. The van der Waals surface area contributed by atoms with Crippen LogP contribution in [0.15, 0.2) is 66.7 Å². The molecule has 39 heavy (non-hydrogen) atoms. The molecule has 0 aromatic heterocycles. The fourth-order valence-corrected chi connectivity index (χ4v) is 5.78. The van der Waals surface area contributed by atoms with Gasteiger partial charge in [-0.05, 0) is 53.1 Å². The van der Waals surface area contributed by atoms with Crippen molar-refractivity contribution in [3.63, 3.8) is 0 Å².